The number of nitrogens with one attached hydrogen (secondary N) is 1. The minimum Gasteiger partial charge on any atom is -0.294 e. The van der Waals surface area contributed by atoms with Crippen LogP contribution >= 0.6 is 11.8 Å². The van der Waals surface area contributed by atoms with Crippen LogP contribution < -0.4 is 0 Å². The molecule has 0 atom stereocenters. The number of hydrogen-bond acceptors (Lipinski definition) is 2. The SMILES string of the molecule is N=C(/C=C/c1ccccc1)SCc1ccc2ccccc2c1. The fourth-order valence-electron chi connectivity index (χ4n) is 2.27. The van der Waals surface area contributed by atoms with Crippen LogP contribution in [0.3, 0.4) is 0 Å². The highest BCUT2D eigenvalue weighted by atomic mass is 32.2. The average Bonchev–Trinajstić information content (AvgIpc) is 2.59. The van der Waals surface area contributed by atoms with Gasteiger partial charge in [0.05, 0.1) is 5.04 Å². The maximum atomic E-state index is 8.03. The minimum atomic E-state index is 0.581. The van der Waals surface area contributed by atoms with Gasteiger partial charge in [0.2, 0.25) is 0 Å². The van der Waals surface area contributed by atoms with Crippen LogP contribution in [0, 0.1) is 5.41 Å². The average molecular weight is 303 g/mol. The van der Waals surface area contributed by atoms with Gasteiger partial charge in [-0.1, -0.05) is 78.9 Å². The topological polar surface area (TPSA) is 23.9 Å². The van der Waals surface area contributed by atoms with Gasteiger partial charge in [-0.2, -0.15) is 0 Å². The molecule has 0 aliphatic carbocycles. The van der Waals surface area contributed by atoms with Gasteiger partial charge in [-0.05, 0) is 28.0 Å². The van der Waals surface area contributed by atoms with Crippen molar-refractivity contribution in [1.82, 2.24) is 0 Å². The molecule has 0 heterocycles. The van der Waals surface area contributed by atoms with Gasteiger partial charge in [-0.25, -0.2) is 0 Å². The Hall–Kier alpha value is -2.32. The van der Waals surface area contributed by atoms with Crippen LogP contribution in [0.2, 0.25) is 0 Å². The second-order valence-electron chi connectivity index (χ2n) is 5.08. The molecule has 0 aliphatic rings. The van der Waals surface area contributed by atoms with Gasteiger partial charge in [-0.15, -0.1) is 11.8 Å². The van der Waals surface area contributed by atoms with Crippen LogP contribution in [-0.2, 0) is 5.75 Å². The molecule has 0 aliphatic heterocycles. The molecule has 0 spiro atoms. The quantitative estimate of drug-likeness (QED) is 0.480. The van der Waals surface area contributed by atoms with Crippen molar-refractivity contribution >= 4 is 33.7 Å². The van der Waals surface area contributed by atoms with E-state index in [4.69, 9.17) is 5.41 Å². The van der Waals surface area contributed by atoms with Gasteiger partial charge in [0.15, 0.2) is 0 Å². The molecular weight excluding hydrogens is 286 g/mol. The molecule has 3 aromatic rings. The largest absolute Gasteiger partial charge is 0.294 e. The standard InChI is InChI=1S/C20H17NS/c21-20(13-11-16-6-2-1-3-7-16)22-15-17-10-12-18-8-4-5-9-19(18)14-17/h1-14,21H,15H2/b13-11+,21-20?. The predicted molar refractivity (Wildman–Crippen MR) is 98.4 cm³/mol. The lowest BCUT2D eigenvalue weighted by Crippen LogP contribution is -1.87. The van der Waals surface area contributed by atoms with E-state index in [1.54, 1.807) is 11.8 Å². The van der Waals surface area contributed by atoms with Crippen LogP contribution in [0.4, 0.5) is 0 Å². The minimum absolute atomic E-state index is 0.581. The molecule has 0 saturated heterocycles. The summed E-state index contributed by atoms with van der Waals surface area (Å²) in [5, 5.41) is 11.1. The first-order valence-electron chi connectivity index (χ1n) is 7.23. The highest BCUT2D eigenvalue weighted by Crippen LogP contribution is 2.20. The van der Waals surface area contributed by atoms with E-state index >= 15 is 0 Å². The molecule has 0 bridgehead atoms. The summed E-state index contributed by atoms with van der Waals surface area (Å²) in [6.07, 6.45) is 3.84. The summed E-state index contributed by atoms with van der Waals surface area (Å²) in [6.45, 7) is 0. The van der Waals surface area contributed by atoms with E-state index in [9.17, 15) is 0 Å². The van der Waals surface area contributed by atoms with Gasteiger partial charge in [-0.3, -0.25) is 5.41 Å². The number of benzene rings is 3. The van der Waals surface area contributed by atoms with Crippen LogP contribution in [0.25, 0.3) is 16.8 Å². The Labute approximate surface area is 135 Å². The first-order valence-corrected chi connectivity index (χ1v) is 8.22. The molecule has 3 rings (SSSR count). The lowest BCUT2D eigenvalue weighted by atomic mass is 10.1. The number of thioether (sulfide) groups is 1. The molecule has 1 N–H and O–H groups in total. The molecule has 0 saturated carbocycles. The van der Waals surface area contributed by atoms with Crippen molar-refractivity contribution in [3.63, 3.8) is 0 Å². The molecule has 0 fully saturated rings. The van der Waals surface area contributed by atoms with E-state index in [2.05, 4.69) is 42.5 Å². The smallest absolute Gasteiger partial charge is 0.0873 e. The summed E-state index contributed by atoms with van der Waals surface area (Å²) >= 11 is 1.55. The fraction of sp³-hybridized carbons (Fsp3) is 0.0500. The first kappa shape index (κ1) is 14.6. The molecule has 22 heavy (non-hydrogen) atoms. The van der Waals surface area contributed by atoms with E-state index in [0.717, 1.165) is 11.3 Å². The van der Waals surface area contributed by atoms with E-state index in [-0.39, 0.29) is 0 Å². The Morgan fingerprint density at radius 1 is 0.864 bits per heavy atom. The number of rotatable bonds is 4. The molecular formula is C20H17NS. The summed E-state index contributed by atoms with van der Waals surface area (Å²) in [6, 6.07) is 24.9. The van der Waals surface area contributed by atoms with Gasteiger partial charge in [0.25, 0.3) is 0 Å². The highest BCUT2D eigenvalue weighted by molar-refractivity contribution is 8.13. The van der Waals surface area contributed by atoms with Crippen molar-refractivity contribution in [3.05, 3.63) is 90.0 Å². The van der Waals surface area contributed by atoms with E-state index in [0.29, 0.717) is 5.04 Å². The Bertz CT molecular complexity index is 806. The first-order chi connectivity index (χ1) is 10.8. The van der Waals surface area contributed by atoms with Gasteiger partial charge in [0.1, 0.15) is 0 Å². The second-order valence-corrected chi connectivity index (χ2v) is 6.10. The summed E-state index contributed by atoms with van der Waals surface area (Å²) in [4.78, 5) is 0. The van der Waals surface area contributed by atoms with E-state index in [1.165, 1.54) is 16.3 Å². The zero-order chi connectivity index (χ0) is 15.2. The summed E-state index contributed by atoms with van der Waals surface area (Å²) < 4.78 is 0. The lowest BCUT2D eigenvalue weighted by molar-refractivity contribution is 1.44. The molecule has 0 unspecified atom stereocenters. The number of fused-ring (bicyclic) bond motifs is 1. The van der Waals surface area contributed by atoms with Crippen molar-refractivity contribution in [2.24, 2.45) is 0 Å². The maximum absolute atomic E-state index is 8.03. The molecule has 0 radical (unpaired) electrons. The third kappa shape index (κ3) is 3.86. The van der Waals surface area contributed by atoms with Crippen LogP contribution in [0.5, 0.6) is 0 Å². The maximum Gasteiger partial charge on any atom is 0.0873 e. The monoisotopic (exact) mass is 303 g/mol. The van der Waals surface area contributed by atoms with Crippen molar-refractivity contribution < 1.29 is 0 Å². The number of hydrogen-bond donors (Lipinski definition) is 1. The molecule has 2 heteroatoms. The van der Waals surface area contributed by atoms with Crippen LogP contribution in [-0.4, -0.2) is 5.04 Å². The Kier molecular flexibility index (Phi) is 4.71. The second kappa shape index (κ2) is 7.10. The predicted octanol–water partition coefficient (Wildman–Crippen LogP) is 5.76. The van der Waals surface area contributed by atoms with E-state index < -0.39 is 0 Å². The van der Waals surface area contributed by atoms with Gasteiger partial charge < -0.3 is 0 Å². The van der Waals surface area contributed by atoms with Crippen LogP contribution in [0.1, 0.15) is 11.1 Å². The van der Waals surface area contributed by atoms with Crippen molar-refractivity contribution in [2.75, 3.05) is 0 Å². The summed E-state index contributed by atoms with van der Waals surface area (Å²) in [7, 11) is 0. The highest BCUT2D eigenvalue weighted by Gasteiger charge is 1.99. The Balaban J connectivity index is 1.61. The van der Waals surface area contributed by atoms with Crippen LogP contribution in [0.15, 0.2) is 78.9 Å². The molecule has 1 nitrogen and oxygen atoms in total. The Morgan fingerprint density at radius 3 is 2.41 bits per heavy atom. The van der Waals surface area contributed by atoms with Crippen molar-refractivity contribution in [3.8, 4) is 0 Å². The normalized spacial score (nSPS) is 11.1. The fourth-order valence-corrected chi connectivity index (χ4v) is 2.94. The molecule has 0 aromatic heterocycles. The Morgan fingerprint density at radius 2 is 1.59 bits per heavy atom. The third-order valence-electron chi connectivity index (χ3n) is 3.43. The lowest BCUT2D eigenvalue weighted by Gasteiger charge is -2.03. The van der Waals surface area contributed by atoms with Gasteiger partial charge >= 0.3 is 0 Å². The van der Waals surface area contributed by atoms with E-state index in [1.807, 2.05) is 42.5 Å². The summed E-state index contributed by atoms with van der Waals surface area (Å²) in [5.41, 5.74) is 2.38. The molecule has 108 valence electrons. The zero-order valence-electron chi connectivity index (χ0n) is 12.2. The van der Waals surface area contributed by atoms with Crippen molar-refractivity contribution in [2.45, 2.75) is 5.75 Å². The summed E-state index contributed by atoms with van der Waals surface area (Å²) in [5.74, 6) is 0.822. The zero-order valence-corrected chi connectivity index (χ0v) is 13.0. The van der Waals surface area contributed by atoms with Crippen molar-refractivity contribution in [1.29, 1.82) is 5.41 Å². The molecule has 3 aromatic carbocycles. The molecule has 0 amide bonds. The van der Waals surface area contributed by atoms with Gasteiger partial charge in [0, 0.05) is 5.75 Å². The third-order valence-corrected chi connectivity index (χ3v) is 4.36.